The van der Waals surface area contributed by atoms with Crippen molar-refractivity contribution >= 4 is 24.4 Å². The zero-order chi connectivity index (χ0) is 14.8. The molecule has 2 amide bonds. The average molecular weight is 304 g/mol. The maximum absolute atomic E-state index is 12.5. The van der Waals surface area contributed by atoms with E-state index >= 15 is 0 Å². The number of carbonyl (C=O) groups excluding carboxylic acids is 2. The number of piperazine rings is 1. The highest BCUT2D eigenvalue weighted by Crippen LogP contribution is 2.26. The number of carbonyl (C=O) groups is 2. The largest absolute Gasteiger partial charge is 0.331 e. The maximum Gasteiger partial charge on any atom is 0.245 e. The molecule has 2 heterocycles. The lowest BCUT2D eigenvalue weighted by molar-refractivity contribution is -0.153. The van der Waals surface area contributed by atoms with Gasteiger partial charge in [-0.15, -0.1) is 0 Å². The summed E-state index contributed by atoms with van der Waals surface area (Å²) in [6.45, 7) is 1.52. The Morgan fingerprint density at radius 1 is 1.24 bits per heavy atom. The molecule has 112 valence electrons. The molecule has 0 N–H and O–H groups in total. The van der Waals surface area contributed by atoms with Gasteiger partial charge in [-0.25, -0.2) is 0 Å². The van der Waals surface area contributed by atoms with E-state index in [0.29, 0.717) is 12.3 Å². The Bertz CT molecular complexity index is 534. The number of fused-ring (bicyclic) bond motifs is 1. The van der Waals surface area contributed by atoms with E-state index in [9.17, 15) is 9.59 Å². The second kappa shape index (κ2) is 6.10. The molecule has 1 aromatic carbocycles. The van der Waals surface area contributed by atoms with Crippen molar-refractivity contribution in [3.63, 3.8) is 0 Å². The van der Waals surface area contributed by atoms with E-state index in [-0.39, 0.29) is 30.3 Å². The highest BCUT2D eigenvalue weighted by molar-refractivity contribution is 7.80. The molecule has 2 aliphatic rings. The van der Waals surface area contributed by atoms with Crippen molar-refractivity contribution in [1.29, 1.82) is 0 Å². The minimum atomic E-state index is -0.220. The number of thiol groups is 1. The first kappa shape index (κ1) is 14.4. The van der Waals surface area contributed by atoms with E-state index in [2.05, 4.69) is 24.8 Å². The van der Waals surface area contributed by atoms with Crippen molar-refractivity contribution in [3.05, 3.63) is 35.9 Å². The lowest BCUT2D eigenvalue weighted by Crippen LogP contribution is -2.58. The number of amides is 2. The first-order valence-electron chi connectivity index (χ1n) is 7.44. The Balaban J connectivity index is 1.74. The first-order valence-corrected chi connectivity index (χ1v) is 8.08. The van der Waals surface area contributed by atoms with Crippen LogP contribution in [0, 0.1) is 0 Å². The van der Waals surface area contributed by atoms with Gasteiger partial charge in [0, 0.05) is 19.0 Å². The number of benzene rings is 1. The third-order valence-corrected chi connectivity index (χ3v) is 4.87. The van der Waals surface area contributed by atoms with E-state index < -0.39 is 0 Å². The first-order chi connectivity index (χ1) is 10.2. The zero-order valence-electron chi connectivity index (χ0n) is 11.9. The van der Waals surface area contributed by atoms with Gasteiger partial charge in [0.1, 0.15) is 6.04 Å². The maximum atomic E-state index is 12.5. The molecular formula is C16H20N2O2S. The van der Waals surface area contributed by atoms with Gasteiger partial charge in [-0.05, 0) is 24.2 Å². The standard InChI is InChI=1S/C16H20N2O2S/c19-15-10-17(16(20)14-7-4-8-18(14)15)9-13(11-21)12-5-2-1-3-6-12/h1-3,5-6,13-14,21H,4,7-11H2. The van der Waals surface area contributed by atoms with Gasteiger partial charge in [-0.2, -0.15) is 12.6 Å². The summed E-state index contributed by atoms with van der Waals surface area (Å²) in [5.74, 6) is 1.02. The predicted octanol–water partition coefficient (Wildman–Crippen LogP) is 1.53. The molecule has 5 heteroatoms. The van der Waals surface area contributed by atoms with E-state index in [0.717, 1.165) is 19.4 Å². The van der Waals surface area contributed by atoms with Crippen LogP contribution in [0.2, 0.25) is 0 Å². The smallest absolute Gasteiger partial charge is 0.245 e. The van der Waals surface area contributed by atoms with Crippen molar-refractivity contribution in [2.75, 3.05) is 25.4 Å². The van der Waals surface area contributed by atoms with E-state index in [1.165, 1.54) is 5.56 Å². The molecule has 2 fully saturated rings. The van der Waals surface area contributed by atoms with Gasteiger partial charge >= 0.3 is 0 Å². The van der Waals surface area contributed by atoms with Crippen LogP contribution in [0.3, 0.4) is 0 Å². The molecule has 1 aromatic rings. The number of rotatable bonds is 4. The summed E-state index contributed by atoms with van der Waals surface area (Å²) in [7, 11) is 0. The van der Waals surface area contributed by atoms with Crippen LogP contribution >= 0.6 is 12.6 Å². The highest BCUT2D eigenvalue weighted by Gasteiger charge is 2.42. The van der Waals surface area contributed by atoms with Crippen molar-refractivity contribution in [2.24, 2.45) is 0 Å². The van der Waals surface area contributed by atoms with Crippen molar-refractivity contribution < 1.29 is 9.59 Å². The zero-order valence-corrected chi connectivity index (χ0v) is 12.8. The van der Waals surface area contributed by atoms with E-state index in [1.807, 2.05) is 18.2 Å². The number of nitrogens with zero attached hydrogens (tertiary/aromatic N) is 2. The van der Waals surface area contributed by atoms with Crippen LogP contribution in [0.25, 0.3) is 0 Å². The number of hydrogen-bond acceptors (Lipinski definition) is 3. The summed E-state index contributed by atoms with van der Waals surface area (Å²) in [6.07, 6.45) is 1.74. The monoisotopic (exact) mass is 304 g/mol. The topological polar surface area (TPSA) is 40.6 Å². The molecular weight excluding hydrogens is 284 g/mol. The third-order valence-electron chi connectivity index (χ3n) is 4.43. The van der Waals surface area contributed by atoms with Gasteiger partial charge in [0.15, 0.2) is 0 Å². The molecule has 3 rings (SSSR count). The molecule has 2 unspecified atom stereocenters. The quantitative estimate of drug-likeness (QED) is 0.857. The minimum absolute atomic E-state index is 0.0862. The van der Waals surface area contributed by atoms with Crippen molar-refractivity contribution in [1.82, 2.24) is 9.80 Å². The summed E-state index contributed by atoms with van der Waals surface area (Å²) in [5.41, 5.74) is 1.17. The fraction of sp³-hybridized carbons (Fsp3) is 0.500. The molecule has 0 saturated carbocycles. The summed E-state index contributed by atoms with van der Waals surface area (Å²) in [4.78, 5) is 28.2. The second-order valence-electron chi connectivity index (χ2n) is 5.75. The summed E-state index contributed by atoms with van der Waals surface area (Å²) in [6, 6.07) is 9.85. The van der Waals surface area contributed by atoms with Gasteiger partial charge < -0.3 is 9.80 Å². The molecule has 2 aliphatic heterocycles. The molecule has 0 aliphatic carbocycles. The van der Waals surface area contributed by atoms with Gasteiger partial charge in [0.25, 0.3) is 0 Å². The Morgan fingerprint density at radius 2 is 2.00 bits per heavy atom. The van der Waals surface area contributed by atoms with E-state index in [4.69, 9.17) is 0 Å². The van der Waals surface area contributed by atoms with Crippen molar-refractivity contribution in [2.45, 2.75) is 24.8 Å². The lowest BCUT2D eigenvalue weighted by Gasteiger charge is -2.37. The van der Waals surface area contributed by atoms with Crippen LogP contribution in [0.5, 0.6) is 0 Å². The normalized spacial score (nSPS) is 23.4. The third kappa shape index (κ3) is 2.79. The summed E-state index contributed by atoms with van der Waals surface area (Å²) in [5, 5.41) is 0. The van der Waals surface area contributed by atoms with Gasteiger partial charge in [0.05, 0.1) is 6.54 Å². The molecule has 21 heavy (non-hydrogen) atoms. The lowest BCUT2D eigenvalue weighted by atomic mass is 9.99. The van der Waals surface area contributed by atoms with E-state index in [1.54, 1.807) is 9.80 Å². The van der Waals surface area contributed by atoms with Crippen LogP contribution in [0.4, 0.5) is 0 Å². The predicted molar refractivity (Wildman–Crippen MR) is 84.4 cm³/mol. The van der Waals surface area contributed by atoms with Crippen molar-refractivity contribution in [3.8, 4) is 0 Å². The van der Waals surface area contributed by atoms with Gasteiger partial charge in [0.2, 0.25) is 11.8 Å². The van der Waals surface area contributed by atoms with Crippen LogP contribution < -0.4 is 0 Å². The van der Waals surface area contributed by atoms with Crippen LogP contribution in [0.15, 0.2) is 30.3 Å². The molecule has 2 saturated heterocycles. The number of hydrogen-bond donors (Lipinski definition) is 1. The summed E-state index contributed by atoms with van der Waals surface area (Å²) < 4.78 is 0. The molecule has 0 bridgehead atoms. The second-order valence-corrected chi connectivity index (χ2v) is 6.12. The molecule has 0 spiro atoms. The molecule has 2 atom stereocenters. The Labute approximate surface area is 130 Å². The molecule has 4 nitrogen and oxygen atoms in total. The SMILES string of the molecule is O=C1C2CCCN2C(=O)CN1CC(CS)c1ccccc1. The summed E-state index contributed by atoms with van der Waals surface area (Å²) >= 11 is 4.42. The van der Waals surface area contributed by atoms with Gasteiger partial charge in [-0.3, -0.25) is 9.59 Å². The fourth-order valence-electron chi connectivity index (χ4n) is 3.28. The van der Waals surface area contributed by atoms with Gasteiger partial charge in [-0.1, -0.05) is 30.3 Å². The van der Waals surface area contributed by atoms with Crippen LogP contribution in [-0.4, -0.2) is 53.0 Å². The minimum Gasteiger partial charge on any atom is -0.331 e. The fourth-order valence-corrected chi connectivity index (χ4v) is 3.61. The highest BCUT2D eigenvalue weighted by atomic mass is 32.1. The Kier molecular flexibility index (Phi) is 4.19. The average Bonchev–Trinajstić information content (AvgIpc) is 3.00. The Hall–Kier alpha value is -1.49. The Morgan fingerprint density at radius 3 is 2.71 bits per heavy atom. The molecule has 0 aromatic heterocycles. The van der Waals surface area contributed by atoms with Crippen LogP contribution in [-0.2, 0) is 9.59 Å². The van der Waals surface area contributed by atoms with Crippen LogP contribution in [0.1, 0.15) is 24.3 Å². The molecule has 0 radical (unpaired) electrons.